The second kappa shape index (κ2) is 8.01. The van der Waals surface area contributed by atoms with Crippen LogP contribution in [0.15, 0.2) is 29.8 Å². The first-order valence-corrected chi connectivity index (χ1v) is 11.1. The van der Waals surface area contributed by atoms with Crippen molar-refractivity contribution in [3.8, 4) is 39.9 Å². The van der Waals surface area contributed by atoms with Crippen molar-refractivity contribution in [2.24, 2.45) is 0 Å². The van der Waals surface area contributed by atoms with Crippen molar-refractivity contribution in [3.63, 3.8) is 0 Å². The maximum Gasteiger partial charge on any atom is 0.342 e. The Hall–Kier alpha value is -4.53. The fourth-order valence-electron chi connectivity index (χ4n) is 4.97. The summed E-state index contributed by atoms with van der Waals surface area (Å²) in [7, 11) is 2.66. The van der Waals surface area contributed by atoms with Gasteiger partial charge in [0.2, 0.25) is 0 Å². The number of Topliss-reactive ketones (excluding diaryl/α,β-unsaturated/α-hetero) is 1. The number of hydrogen-bond donors (Lipinski definition) is 3. The fraction of sp³-hybridized carbons (Fsp3) is 0.222. The molecule has 3 N–H and O–H groups in total. The molecular formula is C27H22O9. The zero-order valence-corrected chi connectivity index (χ0v) is 19.9. The number of carbonyl (C=O) groups is 3. The molecule has 1 aliphatic carbocycles. The van der Waals surface area contributed by atoms with Gasteiger partial charge in [0, 0.05) is 17.6 Å². The van der Waals surface area contributed by atoms with Gasteiger partial charge >= 0.3 is 5.97 Å². The third kappa shape index (κ3) is 3.12. The first kappa shape index (κ1) is 23.2. The van der Waals surface area contributed by atoms with Crippen LogP contribution in [0.3, 0.4) is 0 Å². The van der Waals surface area contributed by atoms with E-state index in [1.165, 1.54) is 33.3 Å². The number of methoxy groups -OCH3 is 2. The number of benzene rings is 3. The molecule has 0 amide bonds. The Morgan fingerprint density at radius 1 is 0.861 bits per heavy atom. The molecule has 1 unspecified atom stereocenters. The number of aromatic hydroxyl groups is 3. The topological polar surface area (TPSA) is 140 Å². The maximum atomic E-state index is 12.8. The molecule has 184 valence electrons. The van der Waals surface area contributed by atoms with Gasteiger partial charge in [-0.2, -0.15) is 0 Å². The van der Waals surface area contributed by atoms with E-state index in [0.717, 1.165) is 6.08 Å². The van der Waals surface area contributed by atoms with Crippen LogP contribution in [-0.4, -0.2) is 53.2 Å². The Morgan fingerprint density at radius 2 is 1.47 bits per heavy atom. The third-order valence-electron chi connectivity index (χ3n) is 6.59. The molecule has 36 heavy (non-hydrogen) atoms. The number of ketones is 2. The van der Waals surface area contributed by atoms with Crippen molar-refractivity contribution in [2.75, 3.05) is 14.2 Å². The Morgan fingerprint density at radius 3 is 2.14 bits per heavy atom. The van der Waals surface area contributed by atoms with Gasteiger partial charge in [-0.3, -0.25) is 9.59 Å². The predicted octanol–water partition coefficient (Wildman–Crippen LogP) is 4.07. The lowest BCUT2D eigenvalue weighted by atomic mass is 9.85. The van der Waals surface area contributed by atoms with E-state index >= 15 is 0 Å². The van der Waals surface area contributed by atoms with Crippen LogP contribution in [0, 0.1) is 0 Å². The van der Waals surface area contributed by atoms with Crippen molar-refractivity contribution >= 4 is 28.3 Å². The number of allylic oxidation sites excluding steroid dienone is 2. The number of fused-ring (bicyclic) bond motifs is 3. The van der Waals surface area contributed by atoms with Crippen molar-refractivity contribution in [3.05, 3.63) is 52.1 Å². The number of carbonyl (C=O) groups excluding carboxylic acids is 3. The summed E-state index contributed by atoms with van der Waals surface area (Å²) in [5, 5.41) is 34.0. The molecule has 0 saturated heterocycles. The van der Waals surface area contributed by atoms with E-state index in [-0.39, 0.29) is 56.4 Å². The van der Waals surface area contributed by atoms with Crippen LogP contribution in [0.5, 0.6) is 28.7 Å². The number of phenols is 3. The minimum atomic E-state index is -0.722. The van der Waals surface area contributed by atoms with E-state index in [1.54, 1.807) is 13.0 Å². The highest BCUT2D eigenvalue weighted by atomic mass is 16.5. The van der Waals surface area contributed by atoms with E-state index in [2.05, 4.69) is 0 Å². The van der Waals surface area contributed by atoms with E-state index < -0.39 is 34.8 Å². The summed E-state index contributed by atoms with van der Waals surface area (Å²) in [6.45, 7) is 3.23. The maximum absolute atomic E-state index is 12.8. The summed E-state index contributed by atoms with van der Waals surface area (Å²) in [5.41, 5.74) is 0.217. The van der Waals surface area contributed by atoms with Crippen molar-refractivity contribution < 1.29 is 43.9 Å². The van der Waals surface area contributed by atoms with Gasteiger partial charge in [0.25, 0.3) is 0 Å². The fourth-order valence-corrected chi connectivity index (χ4v) is 4.97. The third-order valence-corrected chi connectivity index (χ3v) is 6.59. The second-order valence-corrected chi connectivity index (χ2v) is 8.83. The van der Waals surface area contributed by atoms with Crippen LogP contribution in [0.2, 0.25) is 0 Å². The summed E-state index contributed by atoms with van der Waals surface area (Å²) >= 11 is 0. The number of cyclic esters (lactones) is 1. The highest BCUT2D eigenvalue weighted by Crippen LogP contribution is 2.54. The van der Waals surface area contributed by atoms with E-state index in [1.807, 2.05) is 0 Å². The smallest absolute Gasteiger partial charge is 0.342 e. The molecule has 2 aliphatic rings. The SMILES string of the molecule is COc1cc2c(c(O)c1-c1c(OC)cc3cc4c(c(O)c3c1O)C(=O)OC(C)C4)C(=O)C=C(C)C2=O. The van der Waals surface area contributed by atoms with Crippen LogP contribution in [-0.2, 0) is 11.2 Å². The molecule has 9 nitrogen and oxygen atoms in total. The number of esters is 1. The Bertz CT molecular complexity index is 1560. The minimum Gasteiger partial charge on any atom is -0.506 e. The molecule has 0 spiro atoms. The molecule has 3 aromatic carbocycles. The summed E-state index contributed by atoms with van der Waals surface area (Å²) in [6, 6.07) is 4.51. The lowest BCUT2D eigenvalue weighted by molar-refractivity contribution is 0.0297. The molecule has 5 rings (SSSR count). The van der Waals surface area contributed by atoms with Gasteiger partial charge in [-0.25, -0.2) is 4.79 Å². The van der Waals surface area contributed by atoms with Crippen LogP contribution < -0.4 is 9.47 Å². The van der Waals surface area contributed by atoms with Crippen LogP contribution in [0.4, 0.5) is 0 Å². The quantitative estimate of drug-likeness (QED) is 0.464. The van der Waals surface area contributed by atoms with E-state index in [4.69, 9.17) is 14.2 Å². The molecule has 0 aromatic heterocycles. The highest BCUT2D eigenvalue weighted by Gasteiger charge is 2.35. The molecule has 1 aliphatic heterocycles. The molecule has 1 heterocycles. The zero-order valence-electron chi connectivity index (χ0n) is 19.9. The molecule has 0 saturated carbocycles. The first-order valence-electron chi connectivity index (χ1n) is 11.1. The van der Waals surface area contributed by atoms with E-state index in [0.29, 0.717) is 17.4 Å². The summed E-state index contributed by atoms with van der Waals surface area (Å²) in [6.07, 6.45) is 1.12. The average Bonchev–Trinajstić information content (AvgIpc) is 2.81. The van der Waals surface area contributed by atoms with Crippen molar-refractivity contribution in [1.82, 2.24) is 0 Å². The van der Waals surface area contributed by atoms with Crippen molar-refractivity contribution in [2.45, 2.75) is 26.4 Å². The average molecular weight is 490 g/mol. The Labute approximate surface area is 205 Å². The number of phenolic OH excluding ortho intramolecular Hbond substituents is 3. The zero-order chi connectivity index (χ0) is 26.0. The van der Waals surface area contributed by atoms with Gasteiger partial charge in [0.15, 0.2) is 11.6 Å². The van der Waals surface area contributed by atoms with Crippen LogP contribution in [0.25, 0.3) is 21.9 Å². The molecular weight excluding hydrogens is 468 g/mol. The van der Waals surface area contributed by atoms with Gasteiger partial charge in [0.1, 0.15) is 40.4 Å². The second-order valence-electron chi connectivity index (χ2n) is 8.83. The Balaban J connectivity index is 1.88. The molecule has 0 radical (unpaired) electrons. The van der Waals surface area contributed by atoms with Gasteiger partial charge in [-0.05, 0) is 49.1 Å². The number of hydrogen-bond acceptors (Lipinski definition) is 9. The van der Waals surface area contributed by atoms with Crippen molar-refractivity contribution in [1.29, 1.82) is 0 Å². The summed E-state index contributed by atoms with van der Waals surface area (Å²) < 4.78 is 16.2. The van der Waals surface area contributed by atoms with Gasteiger partial charge in [-0.1, -0.05) is 0 Å². The van der Waals surface area contributed by atoms with Crippen LogP contribution in [0.1, 0.15) is 50.5 Å². The van der Waals surface area contributed by atoms with Crippen LogP contribution >= 0.6 is 0 Å². The molecule has 9 heteroatoms. The van der Waals surface area contributed by atoms with Gasteiger partial charge < -0.3 is 29.5 Å². The molecule has 3 aromatic rings. The highest BCUT2D eigenvalue weighted by molar-refractivity contribution is 6.26. The van der Waals surface area contributed by atoms with Gasteiger partial charge in [0.05, 0.1) is 36.3 Å². The summed E-state index contributed by atoms with van der Waals surface area (Å²) in [4.78, 5) is 38.0. The largest absolute Gasteiger partial charge is 0.506 e. The number of ether oxygens (including phenoxy) is 3. The monoisotopic (exact) mass is 490 g/mol. The van der Waals surface area contributed by atoms with Gasteiger partial charge in [-0.15, -0.1) is 0 Å². The Kier molecular flexibility index (Phi) is 5.17. The lowest BCUT2D eigenvalue weighted by Gasteiger charge is -2.25. The molecule has 0 bridgehead atoms. The first-order chi connectivity index (χ1) is 17.1. The normalized spacial score (nSPS) is 16.8. The van der Waals surface area contributed by atoms with E-state index in [9.17, 15) is 29.7 Å². The predicted molar refractivity (Wildman–Crippen MR) is 128 cm³/mol. The molecule has 0 fully saturated rings. The lowest BCUT2D eigenvalue weighted by Crippen LogP contribution is -2.25. The molecule has 1 atom stereocenters. The number of rotatable bonds is 3. The summed E-state index contributed by atoms with van der Waals surface area (Å²) in [5.74, 6) is -3.27. The minimum absolute atomic E-state index is 0.0132. The standard InChI is InChI=1S/C27H22O9/c1-10-5-15(28)20-14(23(10)29)9-17(35-4)22(26(20)32)21-16(34-3)8-13-7-12-6-11(2)36-27(33)19(12)24(30)18(13)25(21)31/h5,7-9,11,30-32H,6H2,1-4H3.